The van der Waals surface area contributed by atoms with Crippen molar-refractivity contribution in [3.05, 3.63) is 54.3 Å². The predicted molar refractivity (Wildman–Crippen MR) is 89.1 cm³/mol. The summed E-state index contributed by atoms with van der Waals surface area (Å²) in [6, 6.07) is 13.5. The van der Waals surface area contributed by atoms with Gasteiger partial charge in [-0.15, -0.1) is 11.8 Å². The molecule has 0 radical (unpaired) electrons. The smallest absolute Gasteiger partial charge is 0.308 e. The van der Waals surface area contributed by atoms with Crippen LogP contribution in [-0.2, 0) is 0 Å². The SMILES string of the molecule is CC[C@H]1CN(C(=O)Nc2ccc(F)cc2)c2ccccc2S1. The van der Waals surface area contributed by atoms with Gasteiger partial charge < -0.3 is 5.32 Å². The van der Waals surface area contributed by atoms with Gasteiger partial charge in [0.1, 0.15) is 5.82 Å². The minimum Gasteiger partial charge on any atom is -0.308 e. The summed E-state index contributed by atoms with van der Waals surface area (Å²) < 4.78 is 12.9. The normalized spacial score (nSPS) is 17.0. The summed E-state index contributed by atoms with van der Waals surface area (Å²) in [6.07, 6.45) is 0.999. The molecule has 2 amide bonds. The standard InChI is InChI=1S/C17H17FN2OS/c1-2-14-11-20(15-5-3-4-6-16(15)22-14)17(21)19-13-9-7-12(18)8-10-13/h3-10,14H,2,11H2,1H3,(H,19,21)/t14-/m0/s1. The predicted octanol–water partition coefficient (Wildman–Crippen LogP) is 4.75. The Bertz CT molecular complexity index is 675. The molecule has 0 unspecified atom stereocenters. The highest BCUT2D eigenvalue weighted by atomic mass is 32.2. The third kappa shape index (κ3) is 3.09. The second-order valence-electron chi connectivity index (χ2n) is 5.16. The van der Waals surface area contributed by atoms with E-state index in [1.54, 1.807) is 17.0 Å². The van der Waals surface area contributed by atoms with E-state index in [0.717, 1.165) is 17.0 Å². The van der Waals surface area contributed by atoms with Crippen molar-refractivity contribution in [3.63, 3.8) is 0 Å². The second-order valence-corrected chi connectivity index (χ2v) is 6.51. The first-order valence-electron chi connectivity index (χ1n) is 7.27. The maximum Gasteiger partial charge on any atom is 0.326 e. The van der Waals surface area contributed by atoms with Gasteiger partial charge in [-0.2, -0.15) is 0 Å². The highest BCUT2D eigenvalue weighted by molar-refractivity contribution is 8.00. The van der Waals surface area contributed by atoms with E-state index in [2.05, 4.69) is 12.2 Å². The molecule has 1 atom stereocenters. The monoisotopic (exact) mass is 316 g/mol. The molecule has 5 heteroatoms. The number of amides is 2. The molecule has 1 aliphatic rings. The number of carbonyl (C=O) groups is 1. The number of fused-ring (bicyclic) bond motifs is 1. The van der Waals surface area contributed by atoms with Crippen LogP contribution < -0.4 is 10.2 Å². The zero-order valence-electron chi connectivity index (χ0n) is 12.3. The van der Waals surface area contributed by atoms with E-state index < -0.39 is 0 Å². The Kier molecular flexibility index (Phi) is 4.34. The lowest BCUT2D eigenvalue weighted by atomic mass is 10.2. The van der Waals surface area contributed by atoms with E-state index in [1.165, 1.54) is 12.1 Å². The number of hydrogen-bond donors (Lipinski definition) is 1. The highest BCUT2D eigenvalue weighted by Gasteiger charge is 2.28. The summed E-state index contributed by atoms with van der Waals surface area (Å²) >= 11 is 1.82. The molecule has 3 rings (SSSR count). The molecule has 0 saturated carbocycles. The fraction of sp³-hybridized carbons (Fsp3) is 0.235. The van der Waals surface area contributed by atoms with Crippen molar-refractivity contribution in [2.75, 3.05) is 16.8 Å². The summed E-state index contributed by atoms with van der Waals surface area (Å²) in [7, 11) is 0. The minimum atomic E-state index is -0.316. The Morgan fingerprint density at radius 2 is 2.00 bits per heavy atom. The Labute approximate surface area is 133 Å². The molecular formula is C17H17FN2OS. The van der Waals surface area contributed by atoms with Crippen molar-refractivity contribution in [1.82, 2.24) is 0 Å². The molecule has 0 spiro atoms. The van der Waals surface area contributed by atoms with Crippen molar-refractivity contribution in [3.8, 4) is 0 Å². The zero-order chi connectivity index (χ0) is 15.5. The number of urea groups is 1. The number of benzene rings is 2. The number of thioether (sulfide) groups is 1. The number of hydrogen-bond acceptors (Lipinski definition) is 2. The first kappa shape index (κ1) is 14.9. The number of nitrogens with one attached hydrogen (secondary N) is 1. The molecule has 1 heterocycles. The second kappa shape index (κ2) is 6.40. The topological polar surface area (TPSA) is 32.3 Å². The number of anilines is 2. The number of halogens is 1. The van der Waals surface area contributed by atoms with Crippen molar-refractivity contribution >= 4 is 29.2 Å². The lowest BCUT2D eigenvalue weighted by Gasteiger charge is -2.33. The average molecular weight is 316 g/mol. The third-order valence-corrected chi connectivity index (χ3v) is 5.05. The summed E-state index contributed by atoms with van der Waals surface area (Å²) in [5.41, 5.74) is 1.52. The van der Waals surface area contributed by atoms with E-state index in [1.807, 2.05) is 36.0 Å². The van der Waals surface area contributed by atoms with Gasteiger partial charge in [-0.1, -0.05) is 19.1 Å². The van der Waals surface area contributed by atoms with E-state index >= 15 is 0 Å². The van der Waals surface area contributed by atoms with Crippen molar-refractivity contribution in [2.45, 2.75) is 23.5 Å². The van der Waals surface area contributed by atoms with Gasteiger partial charge in [-0.25, -0.2) is 9.18 Å². The van der Waals surface area contributed by atoms with Crippen molar-refractivity contribution < 1.29 is 9.18 Å². The van der Waals surface area contributed by atoms with E-state index in [0.29, 0.717) is 17.5 Å². The largest absolute Gasteiger partial charge is 0.326 e. The summed E-state index contributed by atoms with van der Waals surface area (Å²) in [6.45, 7) is 2.80. The molecule has 0 aromatic heterocycles. The van der Waals surface area contributed by atoms with Crippen LogP contribution in [0.2, 0.25) is 0 Å². The number of rotatable bonds is 2. The lowest BCUT2D eigenvalue weighted by molar-refractivity contribution is 0.256. The molecule has 0 bridgehead atoms. The lowest BCUT2D eigenvalue weighted by Crippen LogP contribution is -2.41. The first-order valence-corrected chi connectivity index (χ1v) is 8.15. The number of carbonyl (C=O) groups excluding carboxylic acids is 1. The van der Waals surface area contributed by atoms with Crippen LogP contribution in [0.15, 0.2) is 53.4 Å². The fourth-order valence-corrected chi connectivity index (χ4v) is 3.63. The van der Waals surface area contributed by atoms with E-state index in [9.17, 15) is 9.18 Å². The fourth-order valence-electron chi connectivity index (χ4n) is 2.43. The Morgan fingerprint density at radius 1 is 1.27 bits per heavy atom. The molecular weight excluding hydrogens is 299 g/mol. The van der Waals surface area contributed by atoms with Crippen LogP contribution >= 0.6 is 11.8 Å². The Hall–Kier alpha value is -2.01. The summed E-state index contributed by atoms with van der Waals surface area (Å²) in [4.78, 5) is 15.5. The third-order valence-electron chi connectivity index (χ3n) is 3.63. The van der Waals surface area contributed by atoms with Gasteiger partial charge >= 0.3 is 6.03 Å². The minimum absolute atomic E-state index is 0.183. The summed E-state index contributed by atoms with van der Waals surface area (Å²) in [5, 5.41) is 3.22. The van der Waals surface area contributed by atoms with Crippen LogP contribution in [0, 0.1) is 5.82 Å². The van der Waals surface area contributed by atoms with E-state index in [-0.39, 0.29) is 11.8 Å². The van der Waals surface area contributed by atoms with Crippen LogP contribution in [0.25, 0.3) is 0 Å². The average Bonchev–Trinajstić information content (AvgIpc) is 2.55. The van der Waals surface area contributed by atoms with Gasteiger partial charge in [-0.05, 0) is 42.8 Å². The van der Waals surface area contributed by atoms with Gasteiger partial charge in [0.2, 0.25) is 0 Å². The maximum atomic E-state index is 12.9. The van der Waals surface area contributed by atoms with Gasteiger partial charge in [0, 0.05) is 22.4 Å². The molecule has 2 aromatic carbocycles. The zero-order valence-corrected chi connectivity index (χ0v) is 13.1. The Balaban J connectivity index is 1.83. The van der Waals surface area contributed by atoms with Gasteiger partial charge in [0.15, 0.2) is 0 Å². The molecule has 3 nitrogen and oxygen atoms in total. The van der Waals surface area contributed by atoms with Crippen LogP contribution in [0.4, 0.5) is 20.6 Å². The molecule has 0 saturated heterocycles. The van der Waals surface area contributed by atoms with Gasteiger partial charge in [0.25, 0.3) is 0 Å². The Morgan fingerprint density at radius 3 is 2.73 bits per heavy atom. The first-order chi connectivity index (χ1) is 10.7. The van der Waals surface area contributed by atoms with Crippen molar-refractivity contribution in [2.24, 2.45) is 0 Å². The van der Waals surface area contributed by atoms with Crippen molar-refractivity contribution in [1.29, 1.82) is 0 Å². The summed E-state index contributed by atoms with van der Waals surface area (Å²) in [5.74, 6) is -0.316. The van der Waals surface area contributed by atoms with Crippen LogP contribution in [0.5, 0.6) is 0 Å². The van der Waals surface area contributed by atoms with Crippen LogP contribution in [0.3, 0.4) is 0 Å². The van der Waals surface area contributed by atoms with Crippen LogP contribution in [-0.4, -0.2) is 17.8 Å². The molecule has 2 aromatic rings. The van der Waals surface area contributed by atoms with Gasteiger partial charge in [-0.3, -0.25) is 4.90 Å². The number of para-hydroxylation sites is 1. The molecule has 0 fully saturated rings. The molecule has 114 valence electrons. The highest BCUT2D eigenvalue weighted by Crippen LogP contribution is 2.39. The molecule has 1 aliphatic heterocycles. The maximum absolute atomic E-state index is 12.9. The molecule has 1 N–H and O–H groups in total. The van der Waals surface area contributed by atoms with Gasteiger partial charge in [0.05, 0.1) is 5.69 Å². The van der Waals surface area contributed by atoms with E-state index in [4.69, 9.17) is 0 Å². The molecule has 0 aliphatic carbocycles. The van der Waals surface area contributed by atoms with Crippen LogP contribution in [0.1, 0.15) is 13.3 Å². The quantitative estimate of drug-likeness (QED) is 0.867. The molecule has 22 heavy (non-hydrogen) atoms. The number of nitrogens with zero attached hydrogens (tertiary/aromatic N) is 1.